The van der Waals surface area contributed by atoms with Gasteiger partial charge in [-0.15, -0.1) is 0 Å². The molecule has 0 spiro atoms. The molecule has 32 heavy (non-hydrogen) atoms. The number of rotatable bonds is 5. The normalized spacial score (nSPS) is 13.0. The molecule has 1 aliphatic heterocycles. The molecule has 0 bridgehead atoms. The first-order valence-corrected chi connectivity index (χ1v) is 10.4. The summed E-state index contributed by atoms with van der Waals surface area (Å²) >= 11 is 0. The summed E-state index contributed by atoms with van der Waals surface area (Å²) in [5, 5.41) is 12.0. The van der Waals surface area contributed by atoms with Crippen LogP contribution in [-0.4, -0.2) is 33.2 Å². The van der Waals surface area contributed by atoms with Crippen LogP contribution in [-0.2, 0) is 23.3 Å². The van der Waals surface area contributed by atoms with Gasteiger partial charge in [-0.1, -0.05) is 30.3 Å². The number of carbonyl (C=O) groups is 2. The van der Waals surface area contributed by atoms with Crippen LogP contribution in [0.5, 0.6) is 0 Å². The predicted octanol–water partition coefficient (Wildman–Crippen LogP) is 2.68. The van der Waals surface area contributed by atoms with E-state index in [9.17, 15) is 9.59 Å². The van der Waals surface area contributed by atoms with Gasteiger partial charge < -0.3 is 16.0 Å². The molecule has 162 valence electrons. The van der Waals surface area contributed by atoms with Crippen molar-refractivity contribution in [3.63, 3.8) is 0 Å². The lowest BCUT2D eigenvalue weighted by atomic mass is 9.83. The van der Waals surface area contributed by atoms with Crippen molar-refractivity contribution in [2.75, 3.05) is 12.3 Å². The number of benzene rings is 2. The lowest BCUT2D eigenvalue weighted by Gasteiger charge is -2.25. The van der Waals surface area contributed by atoms with Crippen LogP contribution >= 0.6 is 0 Å². The van der Waals surface area contributed by atoms with Crippen LogP contribution in [0.15, 0.2) is 42.5 Å². The molecule has 0 aliphatic carbocycles. The summed E-state index contributed by atoms with van der Waals surface area (Å²) in [6, 6.07) is 15.3. The second-order valence-corrected chi connectivity index (χ2v) is 8.38. The maximum Gasteiger partial charge on any atom is 0.273 e. The third kappa shape index (κ3) is 3.85. The van der Waals surface area contributed by atoms with Gasteiger partial charge in [0, 0.05) is 25.0 Å². The number of fused-ring (bicyclic) bond motifs is 2. The van der Waals surface area contributed by atoms with Gasteiger partial charge in [-0.3, -0.25) is 9.59 Å². The summed E-state index contributed by atoms with van der Waals surface area (Å²) < 4.78 is 0. The summed E-state index contributed by atoms with van der Waals surface area (Å²) in [5.41, 5.74) is 8.73. The Bertz CT molecular complexity index is 1240. The molecule has 1 aliphatic rings. The number of nitrogens with two attached hydrogens (primary N) is 1. The predicted molar refractivity (Wildman–Crippen MR) is 120 cm³/mol. The zero-order chi connectivity index (χ0) is 22.9. The highest BCUT2D eigenvalue weighted by atomic mass is 16.2. The van der Waals surface area contributed by atoms with Gasteiger partial charge in [-0.2, -0.15) is 5.26 Å². The molecular weight excluding hydrogens is 404 g/mol. The molecule has 0 saturated heterocycles. The zero-order valence-electron chi connectivity index (χ0n) is 18.1. The van der Waals surface area contributed by atoms with Gasteiger partial charge in [-0.05, 0) is 42.7 Å². The minimum atomic E-state index is -0.880. The maximum atomic E-state index is 13.4. The molecular formula is C24H24N6O2. The Kier molecular flexibility index (Phi) is 5.49. The fraction of sp³-hybridized carbons (Fsp3) is 0.292. The maximum absolute atomic E-state index is 13.4. The molecule has 3 aromatic rings. The smallest absolute Gasteiger partial charge is 0.273 e. The lowest BCUT2D eigenvalue weighted by molar-refractivity contribution is -0.125. The Hall–Kier alpha value is -3.99. The summed E-state index contributed by atoms with van der Waals surface area (Å²) in [4.78, 5) is 36.4. The number of hydrogen-bond donors (Lipinski definition) is 2. The highest BCUT2D eigenvalue weighted by Crippen LogP contribution is 2.30. The van der Waals surface area contributed by atoms with Gasteiger partial charge >= 0.3 is 0 Å². The quantitative estimate of drug-likeness (QED) is 0.602. The van der Waals surface area contributed by atoms with Crippen molar-refractivity contribution in [3.8, 4) is 6.07 Å². The Morgan fingerprint density at radius 2 is 1.84 bits per heavy atom. The summed E-state index contributed by atoms with van der Waals surface area (Å²) in [6.07, 6.45) is 0.240. The van der Waals surface area contributed by atoms with Crippen molar-refractivity contribution in [2.45, 2.75) is 38.8 Å². The largest absolute Gasteiger partial charge is 0.368 e. The van der Waals surface area contributed by atoms with Gasteiger partial charge in [0.1, 0.15) is 5.69 Å². The van der Waals surface area contributed by atoms with E-state index in [0.29, 0.717) is 29.6 Å². The lowest BCUT2D eigenvalue weighted by Crippen LogP contribution is -2.40. The minimum absolute atomic E-state index is 0.0267. The number of nitrogens with zero attached hydrogens (tertiary/aromatic N) is 4. The van der Waals surface area contributed by atoms with Crippen LogP contribution < -0.4 is 11.1 Å². The molecule has 0 saturated carbocycles. The Labute approximate surface area is 186 Å². The standard InChI is InChI=1S/C24H24N6O2/c1-24(2,22(32)27-11-5-10-25)17-8-9-19-18(12-17)20(29-23(26)28-19)21(31)30-13-15-6-3-4-7-16(15)14-30/h3-4,6-9,12H,5,11,13-14H2,1-2H3,(H,27,32)(H2,26,28,29). The number of hydrogen-bond acceptors (Lipinski definition) is 6. The summed E-state index contributed by atoms with van der Waals surface area (Å²) in [6.45, 7) is 4.89. The number of carbonyl (C=O) groups excluding carboxylic acids is 2. The van der Waals surface area contributed by atoms with E-state index >= 15 is 0 Å². The molecule has 2 heterocycles. The monoisotopic (exact) mass is 428 g/mol. The topological polar surface area (TPSA) is 125 Å². The molecule has 3 N–H and O–H groups in total. The zero-order valence-corrected chi connectivity index (χ0v) is 18.1. The average molecular weight is 428 g/mol. The van der Waals surface area contributed by atoms with Gasteiger partial charge in [0.25, 0.3) is 5.91 Å². The van der Waals surface area contributed by atoms with E-state index in [-0.39, 0.29) is 36.4 Å². The van der Waals surface area contributed by atoms with Crippen molar-refractivity contribution in [2.24, 2.45) is 0 Å². The fourth-order valence-electron chi connectivity index (χ4n) is 3.91. The van der Waals surface area contributed by atoms with Crippen molar-refractivity contribution >= 4 is 28.7 Å². The highest BCUT2D eigenvalue weighted by Gasteiger charge is 2.31. The summed E-state index contributed by atoms with van der Waals surface area (Å²) in [5.74, 6) is -0.404. The molecule has 4 rings (SSSR count). The second-order valence-electron chi connectivity index (χ2n) is 8.38. The number of nitriles is 1. The fourth-order valence-corrected chi connectivity index (χ4v) is 3.91. The highest BCUT2D eigenvalue weighted by molar-refractivity contribution is 6.05. The molecule has 1 aromatic heterocycles. The van der Waals surface area contributed by atoms with E-state index in [1.54, 1.807) is 36.9 Å². The first-order chi connectivity index (χ1) is 15.3. The van der Waals surface area contributed by atoms with E-state index in [4.69, 9.17) is 11.0 Å². The van der Waals surface area contributed by atoms with Crippen molar-refractivity contribution < 1.29 is 9.59 Å². The number of nitrogens with one attached hydrogen (secondary N) is 1. The Morgan fingerprint density at radius 3 is 2.50 bits per heavy atom. The average Bonchev–Trinajstić information content (AvgIpc) is 3.22. The SMILES string of the molecule is CC(C)(C(=O)NCCC#N)c1ccc2nc(N)nc(C(=O)N3Cc4ccccc4C3)c2c1. The number of nitrogen functional groups attached to an aromatic ring is 1. The van der Waals surface area contributed by atoms with Crippen LogP contribution in [0.4, 0.5) is 5.95 Å². The molecule has 0 unspecified atom stereocenters. The third-order valence-electron chi connectivity index (χ3n) is 5.86. The van der Waals surface area contributed by atoms with Crippen LogP contribution in [0.25, 0.3) is 10.9 Å². The first kappa shape index (κ1) is 21.2. The number of aromatic nitrogens is 2. The van der Waals surface area contributed by atoms with E-state index in [1.807, 2.05) is 30.3 Å². The van der Waals surface area contributed by atoms with Crippen LogP contribution in [0.2, 0.25) is 0 Å². The molecule has 8 heteroatoms. The first-order valence-electron chi connectivity index (χ1n) is 10.4. The number of anilines is 1. The molecule has 2 amide bonds. The third-order valence-corrected chi connectivity index (χ3v) is 5.86. The molecule has 0 fully saturated rings. The number of amides is 2. The van der Waals surface area contributed by atoms with E-state index in [0.717, 1.165) is 11.1 Å². The molecule has 0 atom stereocenters. The van der Waals surface area contributed by atoms with E-state index in [1.165, 1.54) is 0 Å². The minimum Gasteiger partial charge on any atom is -0.368 e. The molecule has 2 aromatic carbocycles. The molecule has 8 nitrogen and oxygen atoms in total. The second kappa shape index (κ2) is 8.27. The van der Waals surface area contributed by atoms with Crippen molar-refractivity contribution in [1.29, 1.82) is 5.26 Å². The Morgan fingerprint density at radius 1 is 1.16 bits per heavy atom. The van der Waals surface area contributed by atoms with Crippen molar-refractivity contribution in [1.82, 2.24) is 20.2 Å². The van der Waals surface area contributed by atoms with E-state index < -0.39 is 5.41 Å². The Balaban J connectivity index is 1.70. The van der Waals surface area contributed by atoms with Gasteiger partial charge in [0.2, 0.25) is 11.9 Å². The van der Waals surface area contributed by atoms with Crippen LogP contribution in [0.1, 0.15) is 47.4 Å². The van der Waals surface area contributed by atoms with Crippen molar-refractivity contribution in [3.05, 3.63) is 64.8 Å². The van der Waals surface area contributed by atoms with Gasteiger partial charge in [0.15, 0.2) is 0 Å². The summed E-state index contributed by atoms with van der Waals surface area (Å²) in [7, 11) is 0. The van der Waals surface area contributed by atoms with Crippen LogP contribution in [0, 0.1) is 11.3 Å². The van der Waals surface area contributed by atoms with Gasteiger partial charge in [-0.25, -0.2) is 9.97 Å². The van der Waals surface area contributed by atoms with Crippen LogP contribution in [0.3, 0.4) is 0 Å². The van der Waals surface area contributed by atoms with E-state index in [2.05, 4.69) is 15.3 Å². The molecule has 0 radical (unpaired) electrons. The van der Waals surface area contributed by atoms with Gasteiger partial charge in [0.05, 0.1) is 23.4 Å².